The summed E-state index contributed by atoms with van der Waals surface area (Å²) in [5, 5.41) is 6.51. The summed E-state index contributed by atoms with van der Waals surface area (Å²) in [6.45, 7) is 0.358. The van der Waals surface area contributed by atoms with E-state index in [1.54, 1.807) is 6.26 Å². The van der Waals surface area contributed by atoms with Gasteiger partial charge in [-0.1, -0.05) is 11.8 Å². The Balaban J connectivity index is 1.68. The second-order valence-corrected chi connectivity index (χ2v) is 9.38. The van der Waals surface area contributed by atoms with Gasteiger partial charge in [-0.3, -0.25) is 4.18 Å². The van der Waals surface area contributed by atoms with Crippen molar-refractivity contribution < 1.29 is 17.0 Å². The van der Waals surface area contributed by atoms with Crippen molar-refractivity contribution in [3.63, 3.8) is 0 Å². The molecule has 1 aromatic carbocycles. The molecule has 0 saturated carbocycles. The number of aromatic nitrogens is 4. The summed E-state index contributed by atoms with van der Waals surface area (Å²) >= 11 is 3.69. The van der Waals surface area contributed by atoms with Crippen LogP contribution in [0.2, 0.25) is 0 Å². The maximum atomic E-state index is 11.0. The maximum Gasteiger partial charge on any atom is 0.333 e. The molecule has 4 rings (SSSR count). The lowest BCUT2D eigenvalue weighted by Gasteiger charge is -2.09. The quantitative estimate of drug-likeness (QED) is 0.263. The molecule has 3 heterocycles. The first-order chi connectivity index (χ1) is 13.8. The molecule has 0 aliphatic heterocycles. The number of aryl methyl sites for hydroxylation is 1. The average molecular weight is 546 g/mol. The van der Waals surface area contributed by atoms with E-state index in [9.17, 15) is 8.42 Å². The lowest BCUT2D eigenvalue weighted by molar-refractivity contribution is 0.303. The van der Waals surface area contributed by atoms with Crippen LogP contribution >= 0.6 is 34.4 Å². The third kappa shape index (κ3) is 4.48. The van der Waals surface area contributed by atoms with Crippen molar-refractivity contribution in [2.45, 2.75) is 23.0 Å². The van der Waals surface area contributed by atoms with Crippen LogP contribution in [0.3, 0.4) is 0 Å². The summed E-state index contributed by atoms with van der Waals surface area (Å²) < 4.78 is 34.9. The highest BCUT2D eigenvalue weighted by molar-refractivity contribution is 14.1. The van der Waals surface area contributed by atoms with E-state index in [1.165, 1.54) is 18.1 Å². The number of imidazole rings is 1. The van der Waals surface area contributed by atoms with E-state index in [0.717, 1.165) is 19.4 Å². The van der Waals surface area contributed by atoms with Gasteiger partial charge < -0.3 is 14.7 Å². The number of fused-ring (bicyclic) bond motifs is 2. The van der Waals surface area contributed by atoms with Crippen LogP contribution in [0.15, 0.2) is 45.3 Å². The number of nitrogen functional groups attached to an aromatic ring is 1. The highest BCUT2D eigenvalue weighted by Gasteiger charge is 2.17. The van der Waals surface area contributed by atoms with Gasteiger partial charge in [0.2, 0.25) is 0 Å². The van der Waals surface area contributed by atoms with E-state index in [0.29, 0.717) is 29.3 Å². The van der Waals surface area contributed by atoms with Crippen LogP contribution in [0.25, 0.3) is 22.1 Å². The lowest BCUT2D eigenvalue weighted by atomic mass is 10.3. The van der Waals surface area contributed by atoms with Crippen molar-refractivity contribution in [1.29, 1.82) is 0 Å². The highest BCUT2D eigenvalue weighted by Crippen LogP contribution is 2.36. The molecule has 0 aliphatic rings. The fourth-order valence-electron chi connectivity index (χ4n) is 2.75. The Kier molecular flexibility index (Phi) is 5.65. The molecular weight excluding hydrogens is 531 g/mol. The smallest absolute Gasteiger partial charge is 0.333 e. The topological polar surface area (TPSA) is 152 Å². The molecule has 0 spiro atoms. The Hall–Kier alpha value is -1.94. The van der Waals surface area contributed by atoms with Gasteiger partial charge in [0.05, 0.1) is 12.9 Å². The van der Waals surface area contributed by atoms with Crippen molar-refractivity contribution in [3.8, 4) is 0 Å². The minimum absolute atomic E-state index is 0.0539. The molecule has 152 valence electrons. The molecule has 0 fully saturated rings. The summed E-state index contributed by atoms with van der Waals surface area (Å²) in [5.41, 5.74) is 7.82. The predicted octanol–water partition coefficient (Wildman–Crippen LogP) is 2.52. The van der Waals surface area contributed by atoms with Gasteiger partial charge in [-0.2, -0.15) is 8.42 Å². The van der Waals surface area contributed by atoms with Crippen LogP contribution in [-0.4, -0.2) is 34.5 Å². The molecule has 0 bridgehead atoms. The molecule has 0 radical (unpaired) electrons. The van der Waals surface area contributed by atoms with Crippen LogP contribution in [0.4, 0.5) is 5.82 Å². The van der Waals surface area contributed by atoms with Crippen LogP contribution in [0.5, 0.6) is 0 Å². The molecule has 13 heteroatoms. The maximum absolute atomic E-state index is 11.0. The van der Waals surface area contributed by atoms with E-state index in [-0.39, 0.29) is 12.4 Å². The summed E-state index contributed by atoms with van der Waals surface area (Å²) in [6, 6.07) is 5.87. The largest absolute Gasteiger partial charge is 0.464 e. The molecule has 0 amide bonds. The number of furan rings is 1. The highest BCUT2D eigenvalue weighted by atomic mass is 127. The second kappa shape index (κ2) is 8.06. The standard InChI is InChI=1S/C16H15IN6O4S2/c17-10-7-11-9(2-5-26-11)6-12(10)28-16-22-13-14(18)20-8-21-15(13)23(16)3-1-4-27-29(19,24)25/h2,5-8H,1,3-4H2,(H2,18,20,21)(H2,19,24,25). The first kappa shape index (κ1) is 20.3. The summed E-state index contributed by atoms with van der Waals surface area (Å²) in [5.74, 6) is 0.274. The number of benzene rings is 1. The van der Waals surface area contributed by atoms with E-state index in [2.05, 4.69) is 41.7 Å². The zero-order valence-corrected chi connectivity index (χ0v) is 18.6. The normalized spacial score (nSPS) is 12.2. The fourth-order valence-corrected chi connectivity index (χ4v) is 4.83. The minimum Gasteiger partial charge on any atom is -0.464 e. The van der Waals surface area contributed by atoms with Gasteiger partial charge in [0.1, 0.15) is 11.9 Å². The molecule has 10 nitrogen and oxygen atoms in total. The molecule has 0 aliphatic carbocycles. The van der Waals surface area contributed by atoms with E-state index >= 15 is 0 Å². The van der Waals surface area contributed by atoms with Crippen molar-refractivity contribution in [2.24, 2.45) is 5.14 Å². The SMILES string of the molecule is Nc1ncnc2c1nc(Sc1cc3ccoc3cc1I)n2CCCOS(N)(=O)=O. The molecule has 0 saturated heterocycles. The lowest BCUT2D eigenvalue weighted by Crippen LogP contribution is -2.17. The number of nitrogens with two attached hydrogens (primary N) is 2. The summed E-state index contributed by atoms with van der Waals surface area (Å²) in [4.78, 5) is 13.9. The van der Waals surface area contributed by atoms with Crippen molar-refractivity contribution in [2.75, 3.05) is 12.3 Å². The third-order valence-corrected chi connectivity index (χ3v) is 6.81. The Morgan fingerprint density at radius 2 is 2.14 bits per heavy atom. The van der Waals surface area contributed by atoms with Crippen LogP contribution in [0.1, 0.15) is 6.42 Å². The number of hydrogen-bond donors (Lipinski definition) is 2. The van der Waals surface area contributed by atoms with Crippen molar-refractivity contribution >= 4 is 72.6 Å². The second-order valence-electron chi connectivity index (χ2n) is 5.99. The first-order valence-electron chi connectivity index (χ1n) is 8.30. The zero-order chi connectivity index (χ0) is 20.6. The van der Waals surface area contributed by atoms with E-state index < -0.39 is 10.3 Å². The summed E-state index contributed by atoms with van der Waals surface area (Å²) in [7, 11) is -3.98. The van der Waals surface area contributed by atoms with Crippen LogP contribution < -0.4 is 10.9 Å². The monoisotopic (exact) mass is 546 g/mol. The van der Waals surface area contributed by atoms with E-state index in [1.807, 2.05) is 22.8 Å². The number of halogens is 1. The first-order valence-corrected chi connectivity index (χ1v) is 11.7. The molecule has 4 N–H and O–H groups in total. The van der Waals surface area contributed by atoms with Crippen molar-refractivity contribution in [1.82, 2.24) is 19.5 Å². The van der Waals surface area contributed by atoms with Gasteiger partial charge >= 0.3 is 10.3 Å². The Morgan fingerprint density at radius 3 is 2.93 bits per heavy atom. The van der Waals surface area contributed by atoms with Crippen molar-refractivity contribution in [3.05, 3.63) is 34.4 Å². The summed E-state index contributed by atoms with van der Waals surface area (Å²) in [6.07, 6.45) is 3.40. The molecular formula is C16H15IN6O4S2. The molecule has 4 aromatic rings. The van der Waals surface area contributed by atoms with Gasteiger partial charge in [-0.25, -0.2) is 20.1 Å². The number of anilines is 1. The third-order valence-electron chi connectivity index (χ3n) is 4.01. The Morgan fingerprint density at radius 1 is 1.31 bits per heavy atom. The van der Waals surface area contributed by atoms with Gasteiger partial charge in [0.25, 0.3) is 0 Å². The number of rotatable bonds is 7. The molecule has 3 aromatic heterocycles. The zero-order valence-electron chi connectivity index (χ0n) is 14.8. The number of nitrogens with zero attached hydrogens (tertiary/aromatic N) is 4. The average Bonchev–Trinajstić information content (AvgIpc) is 3.23. The molecule has 0 atom stereocenters. The van der Waals surface area contributed by atoms with Gasteiger partial charge in [-0.15, -0.1) is 0 Å². The minimum atomic E-state index is -3.98. The van der Waals surface area contributed by atoms with Gasteiger partial charge in [0, 0.05) is 20.4 Å². The van der Waals surface area contributed by atoms with E-state index in [4.69, 9.17) is 15.3 Å². The Bertz CT molecular complexity index is 1300. The van der Waals surface area contributed by atoms with Crippen LogP contribution in [-0.2, 0) is 21.0 Å². The molecule has 0 unspecified atom stereocenters. The predicted molar refractivity (Wildman–Crippen MR) is 116 cm³/mol. The Labute approximate surface area is 183 Å². The number of hydrogen-bond acceptors (Lipinski definition) is 9. The van der Waals surface area contributed by atoms with Gasteiger partial charge in [-0.05, 0) is 47.2 Å². The molecule has 29 heavy (non-hydrogen) atoms. The fraction of sp³-hybridized carbons (Fsp3) is 0.188. The van der Waals surface area contributed by atoms with Gasteiger partial charge in [0.15, 0.2) is 22.1 Å². The van der Waals surface area contributed by atoms with Crippen LogP contribution in [0, 0.1) is 3.57 Å².